The van der Waals surface area contributed by atoms with Crippen molar-refractivity contribution in [2.24, 2.45) is 12.0 Å². The van der Waals surface area contributed by atoms with Gasteiger partial charge in [0, 0.05) is 19.4 Å². The molecule has 0 unspecified atom stereocenters. The summed E-state index contributed by atoms with van der Waals surface area (Å²) in [5, 5.41) is 0. The number of aryl methyl sites for hydroxylation is 2. The standard InChI is InChI=1S/C9H12N2/c1-4-10-9-8(2)6-5-7-11(9)3/h4-7H,1H2,2-3H3. The van der Waals surface area contributed by atoms with Crippen LogP contribution in [-0.2, 0) is 7.05 Å². The molecule has 58 valence electrons. The molecule has 0 bridgehead atoms. The van der Waals surface area contributed by atoms with Crippen molar-refractivity contribution in [2.75, 3.05) is 0 Å². The highest BCUT2D eigenvalue weighted by Gasteiger charge is 1.88. The predicted octanol–water partition coefficient (Wildman–Crippen LogP) is 1.38. The van der Waals surface area contributed by atoms with Crippen molar-refractivity contribution >= 4 is 0 Å². The van der Waals surface area contributed by atoms with Crippen LogP contribution < -0.4 is 5.49 Å². The maximum atomic E-state index is 4.13. The number of pyridine rings is 1. The smallest absolute Gasteiger partial charge is 0.135 e. The maximum Gasteiger partial charge on any atom is 0.135 e. The first-order valence-electron chi connectivity index (χ1n) is 3.52. The van der Waals surface area contributed by atoms with Crippen molar-refractivity contribution in [2.45, 2.75) is 6.92 Å². The van der Waals surface area contributed by atoms with Crippen molar-refractivity contribution in [3.63, 3.8) is 0 Å². The molecular formula is C9H12N2. The highest BCUT2D eigenvalue weighted by molar-refractivity contribution is 5.07. The van der Waals surface area contributed by atoms with Gasteiger partial charge in [-0.25, -0.2) is 4.99 Å². The molecule has 0 saturated carbocycles. The molecule has 1 heterocycles. The Balaban J connectivity index is 3.44. The topological polar surface area (TPSA) is 17.3 Å². The van der Waals surface area contributed by atoms with Crippen LogP contribution in [0.1, 0.15) is 5.56 Å². The van der Waals surface area contributed by atoms with E-state index in [4.69, 9.17) is 0 Å². The molecule has 1 aromatic rings. The second kappa shape index (κ2) is 3.19. The molecule has 0 amide bonds. The van der Waals surface area contributed by atoms with Crippen LogP contribution in [0.5, 0.6) is 0 Å². The summed E-state index contributed by atoms with van der Waals surface area (Å²) in [5.74, 6) is 0. The molecule has 2 nitrogen and oxygen atoms in total. The summed E-state index contributed by atoms with van der Waals surface area (Å²) in [4.78, 5) is 4.13. The highest BCUT2D eigenvalue weighted by atomic mass is 15.0. The van der Waals surface area contributed by atoms with Gasteiger partial charge in [0.15, 0.2) is 0 Å². The van der Waals surface area contributed by atoms with Crippen LogP contribution in [-0.4, -0.2) is 4.57 Å². The van der Waals surface area contributed by atoms with E-state index >= 15 is 0 Å². The van der Waals surface area contributed by atoms with Gasteiger partial charge >= 0.3 is 0 Å². The third kappa shape index (κ3) is 1.58. The Morgan fingerprint density at radius 2 is 2.36 bits per heavy atom. The monoisotopic (exact) mass is 148 g/mol. The van der Waals surface area contributed by atoms with E-state index in [0.29, 0.717) is 0 Å². The van der Waals surface area contributed by atoms with Gasteiger partial charge < -0.3 is 4.57 Å². The van der Waals surface area contributed by atoms with E-state index in [2.05, 4.69) is 11.6 Å². The Morgan fingerprint density at radius 3 is 2.91 bits per heavy atom. The van der Waals surface area contributed by atoms with Crippen molar-refractivity contribution in [3.05, 3.63) is 42.2 Å². The average Bonchev–Trinajstić information content (AvgIpc) is 1.97. The quantitative estimate of drug-likeness (QED) is 0.572. The molecule has 1 rings (SSSR count). The fraction of sp³-hybridized carbons (Fsp3) is 0.222. The molecule has 0 spiro atoms. The van der Waals surface area contributed by atoms with Gasteiger partial charge in [-0.05, 0) is 18.6 Å². The Kier molecular flexibility index (Phi) is 2.26. The van der Waals surface area contributed by atoms with Crippen LogP contribution in [0.4, 0.5) is 0 Å². The lowest BCUT2D eigenvalue weighted by atomic mass is 10.3. The minimum absolute atomic E-state index is 0.961. The number of hydrogen-bond donors (Lipinski definition) is 0. The van der Waals surface area contributed by atoms with E-state index in [1.165, 1.54) is 0 Å². The van der Waals surface area contributed by atoms with Gasteiger partial charge in [0.2, 0.25) is 0 Å². The van der Waals surface area contributed by atoms with Crippen LogP contribution in [0.15, 0.2) is 36.1 Å². The predicted molar refractivity (Wildman–Crippen MR) is 45.9 cm³/mol. The molecule has 0 aliphatic carbocycles. The van der Waals surface area contributed by atoms with Gasteiger partial charge in [-0.15, -0.1) is 0 Å². The Morgan fingerprint density at radius 1 is 1.64 bits per heavy atom. The van der Waals surface area contributed by atoms with Gasteiger partial charge in [-0.1, -0.05) is 12.6 Å². The lowest BCUT2D eigenvalue weighted by molar-refractivity contribution is 0.822. The summed E-state index contributed by atoms with van der Waals surface area (Å²) in [6.07, 6.45) is 3.53. The molecule has 2 heteroatoms. The van der Waals surface area contributed by atoms with E-state index in [0.717, 1.165) is 11.1 Å². The van der Waals surface area contributed by atoms with Crippen molar-refractivity contribution in [3.8, 4) is 0 Å². The molecule has 0 atom stereocenters. The number of aromatic nitrogens is 1. The molecule has 0 aliphatic rings. The van der Waals surface area contributed by atoms with Crippen LogP contribution >= 0.6 is 0 Å². The van der Waals surface area contributed by atoms with Gasteiger partial charge in [0.1, 0.15) is 5.49 Å². The third-order valence-electron chi connectivity index (χ3n) is 1.56. The summed E-state index contributed by atoms with van der Waals surface area (Å²) in [6, 6.07) is 4.03. The number of nitrogens with zero attached hydrogens (tertiary/aromatic N) is 2. The van der Waals surface area contributed by atoms with Gasteiger partial charge in [-0.3, -0.25) is 0 Å². The molecule has 0 fully saturated rings. The van der Waals surface area contributed by atoms with Crippen molar-refractivity contribution in [1.82, 2.24) is 4.57 Å². The second-order valence-electron chi connectivity index (χ2n) is 2.44. The highest BCUT2D eigenvalue weighted by Crippen LogP contribution is 1.86. The number of hydrogen-bond acceptors (Lipinski definition) is 1. The molecular weight excluding hydrogens is 136 g/mol. The van der Waals surface area contributed by atoms with E-state index in [-0.39, 0.29) is 0 Å². The molecule has 11 heavy (non-hydrogen) atoms. The largest absolute Gasteiger partial charge is 0.336 e. The summed E-state index contributed by atoms with van der Waals surface area (Å²) >= 11 is 0. The molecule has 0 radical (unpaired) electrons. The Bertz CT molecular complexity index is 297. The van der Waals surface area contributed by atoms with Crippen LogP contribution in [0, 0.1) is 6.92 Å². The number of rotatable bonds is 1. The summed E-state index contributed by atoms with van der Waals surface area (Å²) in [6.45, 7) is 5.59. The molecule has 1 aromatic heterocycles. The first-order valence-corrected chi connectivity index (χ1v) is 3.52. The van der Waals surface area contributed by atoms with E-state index in [9.17, 15) is 0 Å². The van der Waals surface area contributed by atoms with Crippen molar-refractivity contribution < 1.29 is 0 Å². The minimum atomic E-state index is 0.961. The normalized spacial score (nSPS) is 11.6. The van der Waals surface area contributed by atoms with Crippen molar-refractivity contribution in [1.29, 1.82) is 0 Å². The average molecular weight is 148 g/mol. The van der Waals surface area contributed by atoms with Crippen LogP contribution in [0.3, 0.4) is 0 Å². The zero-order valence-corrected chi connectivity index (χ0v) is 6.91. The van der Waals surface area contributed by atoms with Gasteiger partial charge in [0.25, 0.3) is 0 Å². The fourth-order valence-corrected chi connectivity index (χ4v) is 1.02. The molecule has 0 aromatic carbocycles. The Hall–Kier alpha value is -1.31. The molecule has 0 N–H and O–H groups in total. The summed E-state index contributed by atoms with van der Waals surface area (Å²) < 4.78 is 1.97. The molecule has 0 aliphatic heterocycles. The zero-order chi connectivity index (χ0) is 8.27. The zero-order valence-electron chi connectivity index (χ0n) is 6.91. The summed E-state index contributed by atoms with van der Waals surface area (Å²) in [5.41, 5.74) is 2.12. The van der Waals surface area contributed by atoms with Crippen LogP contribution in [0.25, 0.3) is 0 Å². The second-order valence-corrected chi connectivity index (χ2v) is 2.44. The van der Waals surface area contributed by atoms with E-state index < -0.39 is 0 Å². The fourth-order valence-electron chi connectivity index (χ4n) is 1.02. The first-order chi connectivity index (χ1) is 5.25. The van der Waals surface area contributed by atoms with Crippen LogP contribution in [0.2, 0.25) is 0 Å². The third-order valence-corrected chi connectivity index (χ3v) is 1.56. The lowest BCUT2D eigenvalue weighted by Gasteiger charge is -1.99. The Labute approximate surface area is 66.5 Å². The SMILES string of the molecule is C=CN=c1c(C)cccn1C. The summed E-state index contributed by atoms with van der Waals surface area (Å²) in [7, 11) is 1.97. The van der Waals surface area contributed by atoms with E-state index in [1.807, 2.05) is 36.9 Å². The first kappa shape index (κ1) is 7.79. The van der Waals surface area contributed by atoms with E-state index in [1.54, 1.807) is 6.20 Å². The maximum absolute atomic E-state index is 4.13. The minimum Gasteiger partial charge on any atom is -0.336 e. The lowest BCUT2D eigenvalue weighted by Crippen LogP contribution is -2.19. The van der Waals surface area contributed by atoms with Gasteiger partial charge in [0.05, 0.1) is 0 Å². The molecule has 0 saturated heterocycles. The van der Waals surface area contributed by atoms with Gasteiger partial charge in [-0.2, -0.15) is 0 Å².